The van der Waals surface area contributed by atoms with Gasteiger partial charge in [0.05, 0.1) is 0 Å². The first-order chi connectivity index (χ1) is 6.59. The first-order valence-electron chi connectivity index (χ1n) is 5.32. The molecule has 14 heavy (non-hydrogen) atoms. The third-order valence-corrected chi connectivity index (χ3v) is 2.39. The van der Waals surface area contributed by atoms with Gasteiger partial charge in [0.15, 0.2) is 0 Å². The lowest BCUT2D eigenvalue weighted by Crippen LogP contribution is -1.88. The fraction of sp³-hybridized carbons (Fsp3) is 0.429. The molecule has 0 nitrogen and oxygen atoms in total. The molecule has 0 heteroatoms. The second-order valence-corrected chi connectivity index (χ2v) is 4.38. The minimum atomic E-state index is 0.632. The van der Waals surface area contributed by atoms with Crippen LogP contribution in [0.25, 0.3) is 0 Å². The third kappa shape index (κ3) is 3.37. The lowest BCUT2D eigenvalue weighted by atomic mass is 10.0. The van der Waals surface area contributed by atoms with Crippen molar-refractivity contribution in [3.05, 3.63) is 47.0 Å². The maximum Gasteiger partial charge on any atom is -0.00950 e. The maximum absolute atomic E-state index is 2.27. The third-order valence-electron chi connectivity index (χ3n) is 2.39. The van der Waals surface area contributed by atoms with E-state index in [1.54, 1.807) is 0 Å². The van der Waals surface area contributed by atoms with E-state index in [4.69, 9.17) is 0 Å². The molecule has 0 saturated carbocycles. The summed E-state index contributed by atoms with van der Waals surface area (Å²) in [7, 11) is 0. The van der Waals surface area contributed by atoms with E-state index in [-0.39, 0.29) is 0 Å². The summed E-state index contributed by atoms with van der Waals surface area (Å²) in [5.41, 5.74) is 4.21. The molecule has 0 aliphatic carbocycles. The molecule has 0 radical (unpaired) electrons. The van der Waals surface area contributed by atoms with Gasteiger partial charge in [-0.2, -0.15) is 0 Å². The molecule has 0 atom stereocenters. The molecule has 0 unspecified atom stereocenters. The van der Waals surface area contributed by atoms with Gasteiger partial charge in [0.1, 0.15) is 0 Å². The topological polar surface area (TPSA) is 0 Å². The van der Waals surface area contributed by atoms with E-state index in [1.807, 2.05) is 0 Å². The van der Waals surface area contributed by atoms with Crippen LogP contribution in [-0.2, 0) is 6.42 Å². The van der Waals surface area contributed by atoms with Gasteiger partial charge < -0.3 is 0 Å². The Kier molecular flexibility index (Phi) is 3.94. The molecule has 0 saturated heterocycles. The van der Waals surface area contributed by atoms with Crippen molar-refractivity contribution in [2.75, 3.05) is 0 Å². The Labute approximate surface area is 87.7 Å². The Morgan fingerprint density at radius 3 is 2.14 bits per heavy atom. The van der Waals surface area contributed by atoms with Gasteiger partial charge in [0.2, 0.25) is 0 Å². The van der Waals surface area contributed by atoms with Crippen LogP contribution < -0.4 is 0 Å². The molecule has 0 heterocycles. The maximum atomic E-state index is 2.27. The monoisotopic (exact) mass is 188 g/mol. The van der Waals surface area contributed by atoms with Crippen LogP contribution >= 0.6 is 0 Å². The lowest BCUT2D eigenvalue weighted by Gasteiger charge is -2.05. The van der Waals surface area contributed by atoms with Crippen LogP contribution in [-0.4, -0.2) is 0 Å². The summed E-state index contributed by atoms with van der Waals surface area (Å²) in [5.74, 6) is 0.632. The second-order valence-electron chi connectivity index (χ2n) is 4.38. The molecule has 0 amide bonds. The van der Waals surface area contributed by atoms with E-state index >= 15 is 0 Å². The Morgan fingerprint density at radius 2 is 1.71 bits per heavy atom. The van der Waals surface area contributed by atoms with E-state index in [0.29, 0.717) is 5.92 Å². The van der Waals surface area contributed by atoms with Crippen molar-refractivity contribution in [2.45, 2.75) is 40.0 Å². The normalized spacial score (nSPS) is 10.4. The van der Waals surface area contributed by atoms with Gasteiger partial charge in [0.25, 0.3) is 0 Å². The predicted molar refractivity (Wildman–Crippen MR) is 63.7 cm³/mol. The van der Waals surface area contributed by atoms with Crippen molar-refractivity contribution in [3.8, 4) is 0 Å². The number of rotatable bonds is 3. The predicted octanol–water partition coefficient (Wildman–Crippen LogP) is 4.32. The van der Waals surface area contributed by atoms with Gasteiger partial charge >= 0.3 is 0 Å². The molecule has 0 aromatic heterocycles. The highest BCUT2D eigenvalue weighted by molar-refractivity contribution is 5.26. The minimum Gasteiger partial charge on any atom is -0.0815 e. The van der Waals surface area contributed by atoms with Crippen molar-refractivity contribution in [1.82, 2.24) is 0 Å². The first kappa shape index (κ1) is 11.0. The van der Waals surface area contributed by atoms with Crippen molar-refractivity contribution in [3.63, 3.8) is 0 Å². The van der Waals surface area contributed by atoms with Crippen LogP contribution in [0.3, 0.4) is 0 Å². The fourth-order valence-electron chi connectivity index (χ4n) is 1.36. The SMILES string of the molecule is CC(C)=CCc1ccc(C(C)C)cc1. The van der Waals surface area contributed by atoms with Crippen molar-refractivity contribution in [2.24, 2.45) is 0 Å². The van der Waals surface area contributed by atoms with Crippen LogP contribution in [0, 0.1) is 0 Å². The van der Waals surface area contributed by atoms with Crippen LogP contribution in [0.5, 0.6) is 0 Å². The van der Waals surface area contributed by atoms with E-state index < -0.39 is 0 Å². The van der Waals surface area contributed by atoms with Gasteiger partial charge in [-0.1, -0.05) is 49.8 Å². The fourth-order valence-corrected chi connectivity index (χ4v) is 1.36. The lowest BCUT2D eigenvalue weighted by molar-refractivity contribution is 0.865. The summed E-state index contributed by atoms with van der Waals surface area (Å²) < 4.78 is 0. The Morgan fingerprint density at radius 1 is 1.14 bits per heavy atom. The molecule has 0 aliphatic heterocycles. The van der Waals surface area contributed by atoms with Crippen LogP contribution in [0.4, 0.5) is 0 Å². The van der Waals surface area contributed by atoms with E-state index in [2.05, 4.69) is 58.0 Å². The van der Waals surface area contributed by atoms with E-state index in [9.17, 15) is 0 Å². The number of hydrogen-bond acceptors (Lipinski definition) is 0. The first-order valence-corrected chi connectivity index (χ1v) is 5.32. The molecule has 1 aromatic carbocycles. The Hall–Kier alpha value is -1.04. The summed E-state index contributed by atoms with van der Waals surface area (Å²) in [6.07, 6.45) is 3.32. The average molecular weight is 188 g/mol. The highest BCUT2D eigenvalue weighted by Crippen LogP contribution is 2.15. The Bertz CT molecular complexity index is 297. The molecule has 1 aromatic rings. The Balaban J connectivity index is 2.69. The molecule has 0 N–H and O–H groups in total. The highest BCUT2D eigenvalue weighted by atomic mass is 14.0. The number of allylic oxidation sites excluding steroid dienone is 2. The summed E-state index contributed by atoms with van der Waals surface area (Å²) in [6.45, 7) is 8.74. The summed E-state index contributed by atoms with van der Waals surface area (Å²) in [5, 5.41) is 0. The quantitative estimate of drug-likeness (QED) is 0.620. The average Bonchev–Trinajstić information content (AvgIpc) is 2.15. The number of hydrogen-bond donors (Lipinski definition) is 0. The van der Waals surface area contributed by atoms with E-state index in [1.165, 1.54) is 16.7 Å². The largest absolute Gasteiger partial charge is 0.0815 e. The number of benzene rings is 1. The smallest absolute Gasteiger partial charge is 0.00950 e. The van der Waals surface area contributed by atoms with Gasteiger partial charge in [-0.05, 0) is 37.3 Å². The minimum absolute atomic E-state index is 0.632. The van der Waals surface area contributed by atoms with Gasteiger partial charge in [-0.25, -0.2) is 0 Å². The van der Waals surface area contributed by atoms with Crippen LogP contribution in [0.2, 0.25) is 0 Å². The molecule has 0 aliphatic rings. The molecule has 0 bridgehead atoms. The van der Waals surface area contributed by atoms with Gasteiger partial charge in [-0.3, -0.25) is 0 Å². The van der Waals surface area contributed by atoms with E-state index in [0.717, 1.165) is 6.42 Å². The highest BCUT2D eigenvalue weighted by Gasteiger charge is 1.97. The second kappa shape index (κ2) is 4.99. The standard InChI is InChI=1S/C14H20/c1-11(2)5-6-13-7-9-14(10-8-13)12(3)4/h5,7-10,12H,6H2,1-4H3. The molecule has 0 fully saturated rings. The molecular weight excluding hydrogens is 168 g/mol. The van der Waals surface area contributed by atoms with Gasteiger partial charge in [-0.15, -0.1) is 0 Å². The van der Waals surface area contributed by atoms with Crippen LogP contribution in [0.15, 0.2) is 35.9 Å². The summed E-state index contributed by atoms with van der Waals surface area (Å²) in [4.78, 5) is 0. The summed E-state index contributed by atoms with van der Waals surface area (Å²) >= 11 is 0. The van der Waals surface area contributed by atoms with Crippen LogP contribution in [0.1, 0.15) is 44.7 Å². The van der Waals surface area contributed by atoms with Crippen molar-refractivity contribution < 1.29 is 0 Å². The van der Waals surface area contributed by atoms with Crippen molar-refractivity contribution in [1.29, 1.82) is 0 Å². The molecule has 1 rings (SSSR count). The zero-order valence-corrected chi connectivity index (χ0v) is 9.67. The summed E-state index contributed by atoms with van der Waals surface area (Å²) in [6, 6.07) is 8.93. The van der Waals surface area contributed by atoms with Gasteiger partial charge in [0, 0.05) is 0 Å². The zero-order chi connectivity index (χ0) is 10.6. The zero-order valence-electron chi connectivity index (χ0n) is 9.67. The van der Waals surface area contributed by atoms with Crippen molar-refractivity contribution >= 4 is 0 Å². The molecule has 0 spiro atoms. The molecular formula is C14H20. The molecule has 76 valence electrons.